The van der Waals surface area contributed by atoms with Gasteiger partial charge in [-0.15, -0.1) is 11.3 Å². The van der Waals surface area contributed by atoms with Gasteiger partial charge >= 0.3 is 0 Å². The third kappa shape index (κ3) is 3.32. The van der Waals surface area contributed by atoms with Gasteiger partial charge in [0.05, 0.1) is 8.66 Å². The predicted octanol–water partition coefficient (Wildman–Crippen LogP) is 4.44. The number of hydrogen-bond donors (Lipinski definition) is 1. The average Bonchev–Trinajstić information content (AvgIpc) is 2.83. The Morgan fingerprint density at radius 1 is 1.53 bits per heavy atom. The Kier molecular flexibility index (Phi) is 4.66. The van der Waals surface area contributed by atoms with E-state index in [0.29, 0.717) is 5.92 Å². The van der Waals surface area contributed by atoms with Gasteiger partial charge in [0.15, 0.2) is 0 Å². The summed E-state index contributed by atoms with van der Waals surface area (Å²) in [7, 11) is 0. The van der Waals surface area contributed by atoms with Crippen LogP contribution in [0.25, 0.3) is 0 Å². The van der Waals surface area contributed by atoms with E-state index in [2.05, 4.69) is 44.1 Å². The first-order valence-electron chi connectivity index (χ1n) is 5.81. The van der Waals surface area contributed by atoms with E-state index in [1.165, 1.54) is 30.6 Å². The summed E-state index contributed by atoms with van der Waals surface area (Å²) in [5, 5.41) is 3.04. The zero-order valence-corrected chi connectivity index (χ0v) is 13.6. The summed E-state index contributed by atoms with van der Waals surface area (Å²) in [5.74, 6) is 1.45. The molecule has 1 amide bonds. The highest BCUT2D eigenvalue weighted by Crippen LogP contribution is 2.33. The van der Waals surface area contributed by atoms with Crippen LogP contribution in [0.4, 0.5) is 0 Å². The van der Waals surface area contributed by atoms with E-state index in [-0.39, 0.29) is 5.91 Å². The van der Waals surface area contributed by atoms with Crippen LogP contribution in [0.1, 0.15) is 35.9 Å². The van der Waals surface area contributed by atoms with Crippen molar-refractivity contribution in [1.82, 2.24) is 5.32 Å². The van der Waals surface area contributed by atoms with Gasteiger partial charge in [0.1, 0.15) is 0 Å². The molecule has 2 unspecified atom stereocenters. The Labute approximate surface area is 122 Å². The summed E-state index contributed by atoms with van der Waals surface area (Å²) in [6.45, 7) is 3.09. The molecule has 5 heteroatoms. The lowest BCUT2D eigenvalue weighted by atomic mass is 9.98. The van der Waals surface area contributed by atoms with Crippen LogP contribution in [-0.2, 0) is 0 Å². The molecule has 2 nitrogen and oxygen atoms in total. The summed E-state index contributed by atoms with van der Waals surface area (Å²) >= 11 is 8.26. The Balaban J connectivity index is 1.89. The molecule has 0 saturated heterocycles. The minimum absolute atomic E-state index is 0.0421. The first kappa shape index (κ1) is 13.6. The molecule has 0 aromatic carbocycles. The number of hydrogen-bond acceptors (Lipinski definition) is 2. The second-order valence-corrected chi connectivity index (χ2v) is 7.84. The molecule has 1 aliphatic rings. The topological polar surface area (TPSA) is 29.1 Å². The molecule has 1 aromatic rings. The molecule has 0 bridgehead atoms. The van der Waals surface area contributed by atoms with Crippen LogP contribution in [0.5, 0.6) is 0 Å². The molecule has 0 radical (unpaired) electrons. The number of nitrogens with one attached hydrogen (secondary N) is 1. The molecule has 1 aliphatic carbocycles. The SMILES string of the molecule is CC1CCCC1CNC(=O)c1cc(Br)c(Br)s1. The Bertz CT molecular complexity index is 399. The van der Waals surface area contributed by atoms with E-state index in [0.717, 1.165) is 25.6 Å². The van der Waals surface area contributed by atoms with E-state index < -0.39 is 0 Å². The van der Waals surface area contributed by atoms with Gasteiger partial charge in [-0.05, 0) is 56.2 Å². The number of thiophene rings is 1. The zero-order chi connectivity index (χ0) is 12.4. The fourth-order valence-electron chi connectivity index (χ4n) is 2.29. The van der Waals surface area contributed by atoms with E-state index in [1.54, 1.807) is 0 Å². The van der Waals surface area contributed by atoms with Gasteiger partial charge in [-0.25, -0.2) is 0 Å². The Hall–Kier alpha value is 0.130. The Morgan fingerprint density at radius 2 is 2.29 bits per heavy atom. The van der Waals surface area contributed by atoms with Crippen LogP contribution in [0.3, 0.4) is 0 Å². The lowest BCUT2D eigenvalue weighted by Gasteiger charge is -2.15. The van der Waals surface area contributed by atoms with E-state index in [4.69, 9.17) is 0 Å². The molecular formula is C12H15Br2NOS. The molecule has 1 fully saturated rings. The molecule has 1 heterocycles. The maximum Gasteiger partial charge on any atom is 0.261 e. The third-order valence-corrected chi connectivity index (χ3v) is 6.69. The van der Waals surface area contributed by atoms with Gasteiger partial charge in [-0.3, -0.25) is 4.79 Å². The van der Waals surface area contributed by atoms with Crippen LogP contribution in [0, 0.1) is 11.8 Å². The second kappa shape index (κ2) is 5.85. The fourth-order valence-corrected chi connectivity index (χ4v) is 4.25. The zero-order valence-electron chi connectivity index (χ0n) is 9.63. The minimum Gasteiger partial charge on any atom is -0.351 e. The van der Waals surface area contributed by atoms with Crippen molar-refractivity contribution in [2.75, 3.05) is 6.54 Å². The van der Waals surface area contributed by atoms with Crippen molar-refractivity contribution in [2.45, 2.75) is 26.2 Å². The molecule has 0 aliphatic heterocycles. The van der Waals surface area contributed by atoms with Gasteiger partial charge in [-0.1, -0.05) is 19.8 Å². The lowest BCUT2D eigenvalue weighted by molar-refractivity contribution is 0.0948. The Morgan fingerprint density at radius 3 is 2.82 bits per heavy atom. The van der Waals surface area contributed by atoms with Crippen molar-refractivity contribution in [3.63, 3.8) is 0 Å². The van der Waals surface area contributed by atoms with Crippen LogP contribution >= 0.6 is 43.2 Å². The molecule has 1 saturated carbocycles. The number of carbonyl (C=O) groups excluding carboxylic acids is 1. The van der Waals surface area contributed by atoms with E-state index in [1.807, 2.05) is 6.07 Å². The van der Waals surface area contributed by atoms with E-state index in [9.17, 15) is 4.79 Å². The number of halogens is 2. The van der Waals surface area contributed by atoms with Crippen LogP contribution in [-0.4, -0.2) is 12.5 Å². The number of rotatable bonds is 3. The molecule has 2 atom stereocenters. The molecule has 2 rings (SSSR count). The van der Waals surface area contributed by atoms with Crippen LogP contribution < -0.4 is 5.32 Å². The monoisotopic (exact) mass is 379 g/mol. The van der Waals surface area contributed by atoms with Crippen molar-refractivity contribution in [3.05, 3.63) is 19.2 Å². The van der Waals surface area contributed by atoms with Crippen molar-refractivity contribution >= 4 is 49.1 Å². The first-order valence-corrected chi connectivity index (χ1v) is 8.21. The fraction of sp³-hybridized carbons (Fsp3) is 0.583. The molecule has 94 valence electrons. The van der Waals surface area contributed by atoms with Crippen molar-refractivity contribution in [1.29, 1.82) is 0 Å². The first-order chi connectivity index (χ1) is 8.08. The molecule has 1 N–H and O–H groups in total. The standard InChI is InChI=1S/C12H15Br2NOS/c1-7-3-2-4-8(7)6-15-12(16)10-5-9(13)11(14)17-10/h5,7-8H,2-4,6H2,1H3,(H,15,16). The van der Waals surface area contributed by atoms with Gasteiger partial charge in [0, 0.05) is 11.0 Å². The van der Waals surface area contributed by atoms with Gasteiger partial charge in [0.25, 0.3) is 5.91 Å². The maximum absolute atomic E-state index is 11.9. The summed E-state index contributed by atoms with van der Waals surface area (Å²) < 4.78 is 1.92. The van der Waals surface area contributed by atoms with E-state index >= 15 is 0 Å². The largest absolute Gasteiger partial charge is 0.351 e. The summed E-state index contributed by atoms with van der Waals surface area (Å²) in [5.41, 5.74) is 0. The van der Waals surface area contributed by atoms with Crippen LogP contribution in [0.15, 0.2) is 14.3 Å². The number of carbonyl (C=O) groups is 1. The number of amides is 1. The van der Waals surface area contributed by atoms with Gasteiger partial charge in [-0.2, -0.15) is 0 Å². The normalized spacial score (nSPS) is 23.9. The lowest BCUT2D eigenvalue weighted by Crippen LogP contribution is -2.29. The van der Waals surface area contributed by atoms with Gasteiger partial charge < -0.3 is 5.32 Å². The van der Waals surface area contributed by atoms with Crippen molar-refractivity contribution in [3.8, 4) is 0 Å². The van der Waals surface area contributed by atoms with Crippen LogP contribution in [0.2, 0.25) is 0 Å². The second-order valence-electron chi connectivity index (χ2n) is 4.61. The summed E-state index contributed by atoms with van der Waals surface area (Å²) in [6, 6.07) is 1.86. The van der Waals surface area contributed by atoms with Crippen molar-refractivity contribution in [2.24, 2.45) is 11.8 Å². The molecule has 0 spiro atoms. The summed E-state index contributed by atoms with van der Waals surface area (Å²) in [4.78, 5) is 12.7. The minimum atomic E-state index is 0.0421. The van der Waals surface area contributed by atoms with Crippen molar-refractivity contribution < 1.29 is 4.79 Å². The maximum atomic E-state index is 11.9. The highest BCUT2D eigenvalue weighted by molar-refractivity contribution is 9.13. The molecule has 1 aromatic heterocycles. The average molecular weight is 381 g/mol. The molecular weight excluding hydrogens is 366 g/mol. The highest BCUT2D eigenvalue weighted by atomic mass is 79.9. The molecule has 17 heavy (non-hydrogen) atoms. The predicted molar refractivity (Wildman–Crippen MR) is 78.6 cm³/mol. The quantitative estimate of drug-likeness (QED) is 0.825. The van der Waals surface area contributed by atoms with Gasteiger partial charge in [0.2, 0.25) is 0 Å². The highest BCUT2D eigenvalue weighted by Gasteiger charge is 2.24. The summed E-state index contributed by atoms with van der Waals surface area (Å²) in [6.07, 6.45) is 3.85. The smallest absolute Gasteiger partial charge is 0.261 e. The third-order valence-electron chi connectivity index (χ3n) is 3.43.